The molecule has 2 aromatic rings. The number of rotatable bonds is 6. The number of aromatic nitrogens is 2. The van der Waals surface area contributed by atoms with Crippen molar-refractivity contribution in [3.8, 4) is 0 Å². The minimum absolute atomic E-state index is 0.433. The molecule has 0 amide bonds. The molecule has 5 nitrogen and oxygen atoms in total. The van der Waals surface area contributed by atoms with Crippen molar-refractivity contribution in [1.82, 2.24) is 20.8 Å². The molecule has 1 aromatic heterocycles. The second-order valence-electron chi connectivity index (χ2n) is 4.97. The van der Waals surface area contributed by atoms with Gasteiger partial charge in [-0.25, -0.2) is 4.99 Å². The van der Waals surface area contributed by atoms with Gasteiger partial charge in [-0.15, -0.1) is 0 Å². The molecule has 0 saturated heterocycles. The van der Waals surface area contributed by atoms with Crippen LogP contribution in [0.1, 0.15) is 31.0 Å². The lowest BCUT2D eigenvalue weighted by atomic mass is 10.0. The molecule has 0 bridgehead atoms. The molecule has 3 N–H and O–H groups in total. The zero-order chi connectivity index (χ0) is 14.9. The van der Waals surface area contributed by atoms with E-state index in [1.807, 2.05) is 12.1 Å². The smallest absolute Gasteiger partial charge is 0.191 e. The lowest BCUT2D eigenvalue weighted by molar-refractivity contribution is 0.699. The van der Waals surface area contributed by atoms with E-state index in [-0.39, 0.29) is 0 Å². The van der Waals surface area contributed by atoms with E-state index < -0.39 is 0 Å². The Morgan fingerprint density at radius 2 is 2.05 bits per heavy atom. The molecular weight excluding hydrogens is 262 g/mol. The fourth-order valence-electron chi connectivity index (χ4n) is 2.03. The van der Waals surface area contributed by atoms with Crippen LogP contribution in [0.15, 0.2) is 47.6 Å². The lowest BCUT2D eigenvalue weighted by Gasteiger charge is -2.16. The Morgan fingerprint density at radius 1 is 1.24 bits per heavy atom. The third-order valence-corrected chi connectivity index (χ3v) is 3.25. The molecule has 0 fully saturated rings. The highest BCUT2D eigenvalue weighted by molar-refractivity contribution is 5.79. The molecule has 0 saturated carbocycles. The average Bonchev–Trinajstić information content (AvgIpc) is 3.04. The molecule has 0 spiro atoms. The normalized spacial score (nSPS) is 13.0. The van der Waals surface area contributed by atoms with Crippen molar-refractivity contribution < 1.29 is 0 Å². The van der Waals surface area contributed by atoms with Gasteiger partial charge in [0.25, 0.3) is 0 Å². The molecule has 5 heteroatoms. The summed E-state index contributed by atoms with van der Waals surface area (Å²) in [4.78, 5) is 4.54. The van der Waals surface area contributed by atoms with E-state index >= 15 is 0 Å². The number of hydrogen-bond acceptors (Lipinski definition) is 2. The maximum Gasteiger partial charge on any atom is 0.191 e. The first-order valence-electron chi connectivity index (χ1n) is 7.35. The summed E-state index contributed by atoms with van der Waals surface area (Å²) in [5, 5.41) is 13.5. The number of H-pyrrole nitrogens is 1. The van der Waals surface area contributed by atoms with Crippen molar-refractivity contribution in [2.75, 3.05) is 13.1 Å². The summed E-state index contributed by atoms with van der Waals surface area (Å²) in [6.07, 6.45) is 1.74. The van der Waals surface area contributed by atoms with Gasteiger partial charge in [0.2, 0.25) is 0 Å². The quantitative estimate of drug-likeness (QED) is 0.563. The second kappa shape index (κ2) is 8.09. The zero-order valence-electron chi connectivity index (χ0n) is 12.6. The summed E-state index contributed by atoms with van der Waals surface area (Å²) in [6.45, 7) is 6.55. The first kappa shape index (κ1) is 15.1. The second-order valence-corrected chi connectivity index (χ2v) is 4.97. The largest absolute Gasteiger partial charge is 0.357 e. The van der Waals surface area contributed by atoms with E-state index in [2.05, 4.69) is 63.9 Å². The molecule has 0 radical (unpaired) electrons. The van der Waals surface area contributed by atoms with Crippen LogP contribution in [0.3, 0.4) is 0 Å². The van der Waals surface area contributed by atoms with Crippen molar-refractivity contribution in [2.45, 2.75) is 26.3 Å². The van der Waals surface area contributed by atoms with Gasteiger partial charge in [0.05, 0.1) is 12.2 Å². The van der Waals surface area contributed by atoms with E-state index in [1.54, 1.807) is 6.20 Å². The van der Waals surface area contributed by atoms with Crippen LogP contribution in [0.4, 0.5) is 0 Å². The summed E-state index contributed by atoms with van der Waals surface area (Å²) in [7, 11) is 0. The number of nitrogens with one attached hydrogen (secondary N) is 3. The molecule has 1 unspecified atom stereocenters. The summed E-state index contributed by atoms with van der Waals surface area (Å²) < 4.78 is 0. The Bertz CT molecular complexity index is 533. The number of nitrogens with zero attached hydrogens (tertiary/aromatic N) is 2. The SMILES string of the molecule is CCNC(=NCc1ccn[nH]1)NCC(C)c1ccccc1. The van der Waals surface area contributed by atoms with E-state index in [9.17, 15) is 0 Å². The fourth-order valence-corrected chi connectivity index (χ4v) is 2.03. The molecule has 21 heavy (non-hydrogen) atoms. The highest BCUT2D eigenvalue weighted by Gasteiger charge is 2.06. The van der Waals surface area contributed by atoms with Crippen LogP contribution in [0.2, 0.25) is 0 Å². The summed E-state index contributed by atoms with van der Waals surface area (Å²) in [5.41, 5.74) is 2.33. The van der Waals surface area contributed by atoms with Crippen LogP contribution in [-0.4, -0.2) is 29.2 Å². The topological polar surface area (TPSA) is 65.1 Å². The first-order chi connectivity index (χ1) is 10.3. The van der Waals surface area contributed by atoms with Crippen LogP contribution >= 0.6 is 0 Å². The van der Waals surface area contributed by atoms with Gasteiger partial charge in [-0.1, -0.05) is 37.3 Å². The highest BCUT2D eigenvalue weighted by atomic mass is 15.2. The Hall–Kier alpha value is -2.30. The van der Waals surface area contributed by atoms with Gasteiger partial charge in [0, 0.05) is 19.3 Å². The van der Waals surface area contributed by atoms with Crippen molar-refractivity contribution in [1.29, 1.82) is 0 Å². The molecular formula is C16H23N5. The summed E-state index contributed by atoms with van der Waals surface area (Å²) >= 11 is 0. The maximum absolute atomic E-state index is 4.54. The number of aliphatic imine (C=N–C) groups is 1. The summed E-state index contributed by atoms with van der Waals surface area (Å²) in [5.74, 6) is 1.26. The first-order valence-corrected chi connectivity index (χ1v) is 7.35. The van der Waals surface area contributed by atoms with Crippen LogP contribution in [0.5, 0.6) is 0 Å². The zero-order valence-corrected chi connectivity index (χ0v) is 12.6. The molecule has 0 aliphatic heterocycles. The van der Waals surface area contributed by atoms with Gasteiger partial charge >= 0.3 is 0 Å². The fraction of sp³-hybridized carbons (Fsp3) is 0.375. The van der Waals surface area contributed by atoms with Crippen LogP contribution in [0, 0.1) is 0 Å². The van der Waals surface area contributed by atoms with Crippen LogP contribution in [-0.2, 0) is 6.54 Å². The van der Waals surface area contributed by atoms with Gasteiger partial charge in [0.1, 0.15) is 0 Å². The average molecular weight is 285 g/mol. The molecule has 1 atom stereocenters. The standard InChI is InChI=1S/C16H23N5/c1-3-17-16(19-12-15-9-10-20-21-15)18-11-13(2)14-7-5-4-6-8-14/h4-10,13H,3,11-12H2,1-2H3,(H,20,21)(H2,17,18,19). The van der Waals surface area contributed by atoms with Crippen LogP contribution < -0.4 is 10.6 Å². The van der Waals surface area contributed by atoms with Gasteiger partial charge in [-0.2, -0.15) is 5.10 Å². The lowest BCUT2D eigenvalue weighted by Crippen LogP contribution is -2.39. The molecule has 1 heterocycles. The third-order valence-electron chi connectivity index (χ3n) is 3.25. The minimum Gasteiger partial charge on any atom is -0.357 e. The third kappa shape index (κ3) is 4.95. The van der Waals surface area contributed by atoms with E-state index in [0.29, 0.717) is 12.5 Å². The van der Waals surface area contributed by atoms with Gasteiger partial charge < -0.3 is 10.6 Å². The minimum atomic E-state index is 0.433. The van der Waals surface area contributed by atoms with Crippen molar-refractivity contribution in [3.63, 3.8) is 0 Å². The van der Waals surface area contributed by atoms with Gasteiger partial charge in [-0.3, -0.25) is 5.10 Å². The highest BCUT2D eigenvalue weighted by Crippen LogP contribution is 2.12. The van der Waals surface area contributed by atoms with E-state index in [1.165, 1.54) is 5.56 Å². The number of guanidine groups is 1. The monoisotopic (exact) mass is 285 g/mol. The van der Waals surface area contributed by atoms with Gasteiger partial charge in [0.15, 0.2) is 5.96 Å². The Balaban J connectivity index is 1.89. The number of hydrogen-bond donors (Lipinski definition) is 3. The predicted molar refractivity (Wildman–Crippen MR) is 86.3 cm³/mol. The van der Waals surface area contributed by atoms with E-state index in [4.69, 9.17) is 0 Å². The van der Waals surface area contributed by atoms with Crippen molar-refractivity contribution >= 4 is 5.96 Å². The Kier molecular flexibility index (Phi) is 5.82. The summed E-state index contributed by atoms with van der Waals surface area (Å²) in [6, 6.07) is 12.4. The predicted octanol–water partition coefficient (Wildman–Crippen LogP) is 2.27. The van der Waals surface area contributed by atoms with Gasteiger partial charge in [-0.05, 0) is 24.5 Å². The molecule has 112 valence electrons. The molecule has 0 aliphatic rings. The molecule has 1 aromatic carbocycles. The Labute approximate surface area is 125 Å². The molecule has 0 aliphatic carbocycles. The van der Waals surface area contributed by atoms with Crippen molar-refractivity contribution in [3.05, 3.63) is 53.9 Å². The molecule has 2 rings (SSSR count). The van der Waals surface area contributed by atoms with E-state index in [0.717, 1.165) is 24.7 Å². The number of benzene rings is 1. The van der Waals surface area contributed by atoms with Crippen LogP contribution in [0.25, 0.3) is 0 Å². The number of aromatic amines is 1. The maximum atomic E-state index is 4.54. The van der Waals surface area contributed by atoms with Crippen molar-refractivity contribution in [2.24, 2.45) is 4.99 Å². The Morgan fingerprint density at radius 3 is 2.71 bits per heavy atom.